The molecular formula is C14H26N2O3. The highest BCUT2D eigenvalue weighted by Gasteiger charge is 2.24. The minimum Gasteiger partial charge on any atom is -0.444 e. The van der Waals surface area contributed by atoms with Gasteiger partial charge in [-0.15, -0.1) is 0 Å². The molecule has 0 saturated carbocycles. The molecule has 1 heterocycles. The first-order valence-electron chi connectivity index (χ1n) is 7.06. The molecule has 0 aromatic heterocycles. The lowest BCUT2D eigenvalue weighted by Crippen LogP contribution is -2.35. The smallest absolute Gasteiger partial charge is 0.407 e. The first kappa shape index (κ1) is 15.8. The van der Waals surface area contributed by atoms with Gasteiger partial charge in [0.15, 0.2) is 0 Å². The lowest BCUT2D eigenvalue weighted by atomic mass is 10.2. The van der Waals surface area contributed by atoms with E-state index in [4.69, 9.17) is 4.74 Å². The summed E-state index contributed by atoms with van der Waals surface area (Å²) in [5.74, 6) is 0.191. The molecule has 0 aromatic rings. The lowest BCUT2D eigenvalue weighted by Gasteiger charge is -2.22. The number of hydrogen-bond acceptors (Lipinski definition) is 3. The summed E-state index contributed by atoms with van der Waals surface area (Å²) in [4.78, 5) is 25.2. The van der Waals surface area contributed by atoms with Gasteiger partial charge in [-0.25, -0.2) is 4.79 Å². The Hall–Kier alpha value is -1.26. The number of nitrogens with one attached hydrogen (secondary N) is 1. The van der Waals surface area contributed by atoms with E-state index in [9.17, 15) is 9.59 Å². The highest BCUT2D eigenvalue weighted by molar-refractivity contribution is 5.76. The predicted octanol–water partition coefficient (Wildman–Crippen LogP) is 2.30. The van der Waals surface area contributed by atoms with Crippen molar-refractivity contribution >= 4 is 12.0 Å². The number of ether oxygens (including phenoxy) is 1. The van der Waals surface area contributed by atoms with Crippen LogP contribution in [0.4, 0.5) is 4.79 Å². The van der Waals surface area contributed by atoms with Gasteiger partial charge in [-0.05, 0) is 47.0 Å². The summed E-state index contributed by atoms with van der Waals surface area (Å²) in [6, 6.07) is 0.367. The second-order valence-corrected chi connectivity index (χ2v) is 6.11. The first-order valence-corrected chi connectivity index (χ1v) is 7.06. The third-order valence-corrected chi connectivity index (χ3v) is 3.11. The van der Waals surface area contributed by atoms with Gasteiger partial charge >= 0.3 is 6.09 Å². The van der Waals surface area contributed by atoms with Crippen LogP contribution in [0.15, 0.2) is 0 Å². The third kappa shape index (κ3) is 5.94. The summed E-state index contributed by atoms with van der Waals surface area (Å²) >= 11 is 0. The van der Waals surface area contributed by atoms with Gasteiger partial charge in [0.05, 0.1) is 0 Å². The molecule has 1 atom stereocenters. The number of carbonyl (C=O) groups is 2. The summed E-state index contributed by atoms with van der Waals surface area (Å²) in [5.41, 5.74) is -0.481. The van der Waals surface area contributed by atoms with Crippen molar-refractivity contribution in [3.05, 3.63) is 0 Å². The maximum Gasteiger partial charge on any atom is 0.407 e. The van der Waals surface area contributed by atoms with E-state index in [-0.39, 0.29) is 5.91 Å². The Morgan fingerprint density at radius 2 is 2.05 bits per heavy atom. The highest BCUT2D eigenvalue weighted by atomic mass is 16.6. The van der Waals surface area contributed by atoms with Crippen molar-refractivity contribution in [1.29, 1.82) is 0 Å². The van der Waals surface area contributed by atoms with Gasteiger partial charge in [0.1, 0.15) is 5.60 Å². The van der Waals surface area contributed by atoms with E-state index in [1.807, 2.05) is 25.7 Å². The SMILES string of the molecule is CC1CCCN1C(=O)CCCNC(=O)OC(C)(C)C. The van der Waals surface area contributed by atoms with Crippen molar-refractivity contribution in [3.63, 3.8) is 0 Å². The molecule has 5 nitrogen and oxygen atoms in total. The Morgan fingerprint density at radius 1 is 1.37 bits per heavy atom. The van der Waals surface area contributed by atoms with Crippen molar-refractivity contribution in [2.75, 3.05) is 13.1 Å². The molecular weight excluding hydrogens is 244 g/mol. The fourth-order valence-corrected chi connectivity index (χ4v) is 2.19. The molecule has 1 N–H and O–H groups in total. The monoisotopic (exact) mass is 270 g/mol. The van der Waals surface area contributed by atoms with E-state index in [0.29, 0.717) is 25.4 Å². The third-order valence-electron chi connectivity index (χ3n) is 3.11. The second-order valence-electron chi connectivity index (χ2n) is 6.11. The Bertz CT molecular complexity index is 323. The van der Waals surface area contributed by atoms with E-state index < -0.39 is 11.7 Å². The fourth-order valence-electron chi connectivity index (χ4n) is 2.19. The Morgan fingerprint density at radius 3 is 2.58 bits per heavy atom. The minimum atomic E-state index is -0.481. The van der Waals surface area contributed by atoms with Gasteiger partial charge < -0.3 is 15.0 Å². The molecule has 110 valence electrons. The van der Waals surface area contributed by atoms with Crippen LogP contribution in [0.2, 0.25) is 0 Å². The molecule has 5 heteroatoms. The summed E-state index contributed by atoms with van der Waals surface area (Å²) < 4.78 is 5.12. The van der Waals surface area contributed by atoms with Gasteiger partial charge in [-0.3, -0.25) is 4.79 Å². The molecule has 0 bridgehead atoms. The van der Waals surface area contributed by atoms with Crippen molar-refractivity contribution < 1.29 is 14.3 Å². The van der Waals surface area contributed by atoms with Gasteiger partial charge in [-0.2, -0.15) is 0 Å². The fraction of sp³-hybridized carbons (Fsp3) is 0.857. The van der Waals surface area contributed by atoms with Crippen LogP contribution in [-0.4, -0.2) is 41.6 Å². The zero-order valence-electron chi connectivity index (χ0n) is 12.5. The number of hydrogen-bond donors (Lipinski definition) is 1. The molecule has 0 spiro atoms. The van der Waals surface area contributed by atoms with E-state index in [1.54, 1.807) is 0 Å². The van der Waals surface area contributed by atoms with Gasteiger partial charge in [-0.1, -0.05) is 0 Å². The van der Waals surface area contributed by atoms with E-state index in [1.165, 1.54) is 0 Å². The molecule has 1 aliphatic rings. The van der Waals surface area contributed by atoms with Crippen LogP contribution in [0, 0.1) is 0 Å². The second kappa shape index (κ2) is 6.78. The molecule has 2 amide bonds. The van der Waals surface area contributed by atoms with Crippen LogP contribution in [0.1, 0.15) is 53.4 Å². The number of likely N-dealkylation sites (tertiary alicyclic amines) is 1. The van der Waals surface area contributed by atoms with Crippen molar-refractivity contribution in [2.24, 2.45) is 0 Å². The average Bonchev–Trinajstić information content (AvgIpc) is 2.68. The van der Waals surface area contributed by atoms with Crippen molar-refractivity contribution in [1.82, 2.24) is 10.2 Å². The van der Waals surface area contributed by atoms with E-state index >= 15 is 0 Å². The summed E-state index contributed by atoms with van der Waals surface area (Å²) in [6.45, 7) is 8.91. The van der Waals surface area contributed by atoms with Crippen LogP contribution in [-0.2, 0) is 9.53 Å². The molecule has 1 rings (SSSR count). The Balaban J connectivity index is 2.14. The Kier molecular flexibility index (Phi) is 5.63. The molecule has 1 aliphatic heterocycles. The number of rotatable bonds is 4. The van der Waals surface area contributed by atoms with Crippen LogP contribution in [0.3, 0.4) is 0 Å². The van der Waals surface area contributed by atoms with Crippen molar-refractivity contribution in [3.8, 4) is 0 Å². The normalized spacial score (nSPS) is 19.4. The molecule has 1 fully saturated rings. The number of carbonyl (C=O) groups excluding carboxylic acids is 2. The minimum absolute atomic E-state index is 0.191. The number of alkyl carbamates (subject to hydrolysis) is 1. The maximum atomic E-state index is 11.9. The van der Waals surface area contributed by atoms with Crippen molar-refractivity contribution in [2.45, 2.75) is 65.0 Å². The summed E-state index contributed by atoms with van der Waals surface area (Å²) in [7, 11) is 0. The topological polar surface area (TPSA) is 58.6 Å². The molecule has 0 aromatic carbocycles. The number of nitrogens with zero attached hydrogens (tertiary/aromatic N) is 1. The Labute approximate surface area is 115 Å². The van der Waals surface area contributed by atoms with E-state index in [2.05, 4.69) is 12.2 Å². The molecule has 0 aliphatic carbocycles. The lowest BCUT2D eigenvalue weighted by molar-refractivity contribution is -0.131. The molecule has 0 radical (unpaired) electrons. The van der Waals surface area contributed by atoms with Crippen LogP contribution in [0.5, 0.6) is 0 Å². The molecule has 1 unspecified atom stereocenters. The van der Waals surface area contributed by atoms with Crippen LogP contribution >= 0.6 is 0 Å². The van der Waals surface area contributed by atoms with Gasteiger partial charge in [0.25, 0.3) is 0 Å². The van der Waals surface area contributed by atoms with Gasteiger partial charge in [0.2, 0.25) is 5.91 Å². The predicted molar refractivity (Wildman–Crippen MR) is 73.9 cm³/mol. The first-order chi connectivity index (χ1) is 8.79. The average molecular weight is 270 g/mol. The maximum absolute atomic E-state index is 11.9. The summed E-state index contributed by atoms with van der Waals surface area (Å²) in [6.07, 6.45) is 2.92. The van der Waals surface area contributed by atoms with E-state index in [0.717, 1.165) is 19.4 Å². The highest BCUT2D eigenvalue weighted by Crippen LogP contribution is 2.17. The zero-order chi connectivity index (χ0) is 14.5. The van der Waals surface area contributed by atoms with Crippen LogP contribution in [0.25, 0.3) is 0 Å². The molecule has 19 heavy (non-hydrogen) atoms. The standard InChI is InChI=1S/C14H26N2O3/c1-11-7-6-10-16(11)12(17)8-5-9-15-13(18)19-14(2,3)4/h11H,5-10H2,1-4H3,(H,15,18). The number of amides is 2. The largest absolute Gasteiger partial charge is 0.444 e. The summed E-state index contributed by atoms with van der Waals surface area (Å²) in [5, 5.41) is 2.66. The zero-order valence-corrected chi connectivity index (χ0v) is 12.5. The quantitative estimate of drug-likeness (QED) is 0.797. The molecule has 1 saturated heterocycles. The van der Waals surface area contributed by atoms with Crippen LogP contribution < -0.4 is 5.32 Å². The van der Waals surface area contributed by atoms with Gasteiger partial charge in [0, 0.05) is 25.6 Å².